The van der Waals surface area contributed by atoms with Gasteiger partial charge in [-0.3, -0.25) is 0 Å². The van der Waals surface area contributed by atoms with Crippen molar-refractivity contribution in [1.29, 1.82) is 0 Å². The molecule has 0 fully saturated rings. The van der Waals surface area contributed by atoms with E-state index in [0.717, 1.165) is 24.9 Å². The Hall–Kier alpha value is -1.74. The second-order valence-corrected chi connectivity index (χ2v) is 5.37. The monoisotopic (exact) mass is 289 g/mol. The van der Waals surface area contributed by atoms with Crippen LogP contribution >= 0.6 is 0 Å². The number of hydrogen-bond acceptors (Lipinski definition) is 1. The highest BCUT2D eigenvalue weighted by Gasteiger charge is 2.14. The fraction of sp³-hybridized carbons (Fsp3) is 0.333. The van der Waals surface area contributed by atoms with Crippen molar-refractivity contribution < 1.29 is 8.78 Å². The molecule has 0 aliphatic rings. The van der Waals surface area contributed by atoms with Crippen LogP contribution in [-0.2, 0) is 6.42 Å². The van der Waals surface area contributed by atoms with Gasteiger partial charge in [0.05, 0.1) is 0 Å². The smallest absolute Gasteiger partial charge is 0.159 e. The van der Waals surface area contributed by atoms with Crippen LogP contribution in [0.15, 0.2) is 42.5 Å². The normalized spacial score (nSPS) is 12.4. The number of halogens is 2. The van der Waals surface area contributed by atoms with Crippen LogP contribution in [0, 0.1) is 18.6 Å². The molecule has 1 atom stereocenters. The van der Waals surface area contributed by atoms with Gasteiger partial charge in [-0.2, -0.15) is 0 Å². The molecule has 0 saturated carbocycles. The topological polar surface area (TPSA) is 12.0 Å². The van der Waals surface area contributed by atoms with Crippen molar-refractivity contribution in [3.8, 4) is 0 Å². The molecule has 0 amide bonds. The first-order chi connectivity index (χ1) is 10.1. The van der Waals surface area contributed by atoms with E-state index < -0.39 is 11.6 Å². The Labute approximate surface area is 125 Å². The van der Waals surface area contributed by atoms with Crippen LogP contribution in [0.2, 0.25) is 0 Å². The van der Waals surface area contributed by atoms with Crippen LogP contribution in [-0.4, -0.2) is 6.54 Å². The number of hydrogen-bond donors (Lipinski definition) is 1. The van der Waals surface area contributed by atoms with E-state index >= 15 is 0 Å². The molecule has 0 radical (unpaired) electrons. The molecule has 112 valence electrons. The molecule has 1 unspecified atom stereocenters. The minimum Gasteiger partial charge on any atom is -0.310 e. The minimum absolute atomic E-state index is 0.0122. The van der Waals surface area contributed by atoms with Gasteiger partial charge in [0.2, 0.25) is 0 Å². The highest BCUT2D eigenvalue weighted by Crippen LogP contribution is 2.21. The van der Waals surface area contributed by atoms with Gasteiger partial charge in [-0.15, -0.1) is 0 Å². The molecule has 3 heteroatoms. The zero-order valence-corrected chi connectivity index (χ0v) is 12.5. The summed E-state index contributed by atoms with van der Waals surface area (Å²) in [7, 11) is 0. The maximum Gasteiger partial charge on any atom is 0.159 e. The number of benzene rings is 2. The van der Waals surface area contributed by atoms with Crippen LogP contribution in [0.25, 0.3) is 0 Å². The first kappa shape index (κ1) is 15.6. The minimum atomic E-state index is -0.802. The second-order valence-electron chi connectivity index (χ2n) is 5.37. The van der Waals surface area contributed by atoms with E-state index in [-0.39, 0.29) is 6.04 Å². The molecule has 1 nitrogen and oxygen atoms in total. The zero-order chi connectivity index (χ0) is 15.2. The summed E-state index contributed by atoms with van der Waals surface area (Å²) < 4.78 is 26.6. The number of rotatable bonds is 6. The standard InChI is InChI=1S/C18H21F2N/c1-3-9-21-18(11-14-6-4-5-13(2)10-14)15-7-8-16(19)17(20)12-15/h4-8,10,12,18,21H,3,9,11H2,1-2H3. The first-order valence-electron chi connectivity index (χ1n) is 7.34. The summed E-state index contributed by atoms with van der Waals surface area (Å²) in [6.07, 6.45) is 1.75. The van der Waals surface area contributed by atoms with Crippen LogP contribution in [0.1, 0.15) is 36.1 Å². The second kappa shape index (κ2) is 7.32. The van der Waals surface area contributed by atoms with E-state index in [4.69, 9.17) is 0 Å². The average molecular weight is 289 g/mol. The molecule has 21 heavy (non-hydrogen) atoms. The molecular formula is C18H21F2N. The van der Waals surface area contributed by atoms with E-state index in [2.05, 4.69) is 37.4 Å². The van der Waals surface area contributed by atoms with Crippen molar-refractivity contribution in [2.75, 3.05) is 6.54 Å². The Bertz CT molecular complexity index is 596. The van der Waals surface area contributed by atoms with Gasteiger partial charge < -0.3 is 5.32 Å². The van der Waals surface area contributed by atoms with Crippen molar-refractivity contribution >= 4 is 0 Å². The summed E-state index contributed by atoms with van der Waals surface area (Å²) in [5.74, 6) is -1.59. The van der Waals surface area contributed by atoms with Gasteiger partial charge >= 0.3 is 0 Å². The van der Waals surface area contributed by atoms with Crippen molar-refractivity contribution in [2.24, 2.45) is 0 Å². The van der Waals surface area contributed by atoms with Crippen molar-refractivity contribution in [3.63, 3.8) is 0 Å². The molecule has 2 aromatic carbocycles. The number of nitrogens with one attached hydrogen (secondary N) is 1. The maximum atomic E-state index is 13.5. The lowest BCUT2D eigenvalue weighted by Crippen LogP contribution is -2.24. The Kier molecular flexibility index (Phi) is 5.45. The van der Waals surface area contributed by atoms with E-state index in [1.807, 2.05) is 6.07 Å². The predicted octanol–water partition coefficient (Wildman–Crippen LogP) is 4.56. The number of aryl methyl sites for hydroxylation is 1. The molecule has 0 heterocycles. The average Bonchev–Trinajstić information content (AvgIpc) is 2.46. The van der Waals surface area contributed by atoms with Gasteiger partial charge in [-0.05, 0) is 49.6 Å². The third kappa shape index (κ3) is 4.36. The lowest BCUT2D eigenvalue weighted by Gasteiger charge is -2.19. The Morgan fingerprint density at radius 1 is 1.05 bits per heavy atom. The van der Waals surface area contributed by atoms with Gasteiger partial charge in [-0.1, -0.05) is 42.8 Å². The molecule has 2 rings (SSSR count). The molecule has 0 spiro atoms. The Morgan fingerprint density at radius 3 is 2.52 bits per heavy atom. The molecule has 0 aliphatic heterocycles. The fourth-order valence-corrected chi connectivity index (χ4v) is 2.43. The van der Waals surface area contributed by atoms with E-state index in [1.54, 1.807) is 6.07 Å². The molecule has 2 aromatic rings. The summed E-state index contributed by atoms with van der Waals surface area (Å²) in [6, 6.07) is 12.4. The summed E-state index contributed by atoms with van der Waals surface area (Å²) in [5, 5.41) is 3.41. The quantitative estimate of drug-likeness (QED) is 0.822. The van der Waals surface area contributed by atoms with Crippen molar-refractivity contribution in [1.82, 2.24) is 5.32 Å². The van der Waals surface area contributed by atoms with Crippen LogP contribution in [0.5, 0.6) is 0 Å². The fourth-order valence-electron chi connectivity index (χ4n) is 2.43. The van der Waals surface area contributed by atoms with Crippen LogP contribution < -0.4 is 5.32 Å². The predicted molar refractivity (Wildman–Crippen MR) is 82.3 cm³/mol. The zero-order valence-electron chi connectivity index (χ0n) is 12.5. The molecule has 0 aromatic heterocycles. The highest BCUT2D eigenvalue weighted by atomic mass is 19.2. The summed E-state index contributed by atoms with van der Waals surface area (Å²) in [5.41, 5.74) is 3.17. The third-order valence-electron chi connectivity index (χ3n) is 3.51. The molecule has 0 saturated heterocycles. The third-order valence-corrected chi connectivity index (χ3v) is 3.51. The van der Waals surface area contributed by atoms with Gasteiger partial charge in [0.15, 0.2) is 11.6 Å². The maximum absolute atomic E-state index is 13.5. The van der Waals surface area contributed by atoms with Crippen molar-refractivity contribution in [3.05, 3.63) is 70.8 Å². The first-order valence-corrected chi connectivity index (χ1v) is 7.34. The summed E-state index contributed by atoms with van der Waals surface area (Å²) in [4.78, 5) is 0. The largest absolute Gasteiger partial charge is 0.310 e. The van der Waals surface area contributed by atoms with Gasteiger partial charge in [0, 0.05) is 6.04 Å². The highest BCUT2D eigenvalue weighted by molar-refractivity contribution is 5.27. The van der Waals surface area contributed by atoms with E-state index in [9.17, 15) is 8.78 Å². The summed E-state index contributed by atoms with van der Waals surface area (Å²) in [6.45, 7) is 4.98. The lowest BCUT2D eigenvalue weighted by atomic mass is 9.97. The lowest BCUT2D eigenvalue weighted by molar-refractivity contribution is 0.493. The Balaban J connectivity index is 2.22. The van der Waals surface area contributed by atoms with E-state index in [0.29, 0.717) is 0 Å². The van der Waals surface area contributed by atoms with E-state index in [1.165, 1.54) is 23.3 Å². The van der Waals surface area contributed by atoms with Gasteiger partial charge in [0.1, 0.15) is 0 Å². The van der Waals surface area contributed by atoms with Crippen LogP contribution in [0.3, 0.4) is 0 Å². The molecule has 1 N–H and O–H groups in total. The van der Waals surface area contributed by atoms with Gasteiger partial charge in [-0.25, -0.2) is 8.78 Å². The molecule has 0 bridgehead atoms. The van der Waals surface area contributed by atoms with Crippen LogP contribution in [0.4, 0.5) is 8.78 Å². The summed E-state index contributed by atoms with van der Waals surface area (Å²) >= 11 is 0. The molecule has 0 aliphatic carbocycles. The Morgan fingerprint density at radius 2 is 1.86 bits per heavy atom. The SMILES string of the molecule is CCCNC(Cc1cccc(C)c1)c1ccc(F)c(F)c1. The van der Waals surface area contributed by atoms with Crippen molar-refractivity contribution in [2.45, 2.75) is 32.7 Å². The molecular weight excluding hydrogens is 268 g/mol. The van der Waals surface area contributed by atoms with Gasteiger partial charge in [0.25, 0.3) is 0 Å².